The molecular weight excluding hydrogens is 242 g/mol. The van der Waals surface area contributed by atoms with Crippen LogP contribution in [0.5, 0.6) is 5.88 Å². The number of hydrogen-bond donors (Lipinski definition) is 1. The second kappa shape index (κ2) is 6.06. The number of benzene rings is 1. The van der Waals surface area contributed by atoms with Crippen LogP contribution in [0.2, 0.25) is 0 Å². The van der Waals surface area contributed by atoms with Gasteiger partial charge in [0.2, 0.25) is 5.88 Å². The van der Waals surface area contributed by atoms with Crippen molar-refractivity contribution in [3.63, 3.8) is 0 Å². The molecule has 0 unspecified atom stereocenters. The molecule has 0 aliphatic rings. The van der Waals surface area contributed by atoms with Gasteiger partial charge in [-0.25, -0.2) is 9.97 Å². The first-order valence-electron chi connectivity index (χ1n) is 5.91. The molecule has 0 aliphatic carbocycles. The molecule has 0 saturated carbocycles. The van der Waals surface area contributed by atoms with E-state index in [1.54, 1.807) is 0 Å². The largest absolute Gasteiger partial charge is 0.479 e. The molecule has 1 heterocycles. The highest BCUT2D eigenvalue weighted by Gasteiger charge is 2.16. The van der Waals surface area contributed by atoms with Gasteiger partial charge in [-0.2, -0.15) is 0 Å². The van der Waals surface area contributed by atoms with Crippen molar-refractivity contribution < 1.29 is 9.53 Å². The van der Waals surface area contributed by atoms with E-state index in [0.29, 0.717) is 6.54 Å². The SMILES string of the molecule is COc1nccnc1C(=O)Cc1ccccc1CN. The van der Waals surface area contributed by atoms with Gasteiger partial charge in [0.15, 0.2) is 11.5 Å². The summed E-state index contributed by atoms with van der Waals surface area (Å²) in [5.41, 5.74) is 7.77. The normalized spacial score (nSPS) is 10.2. The van der Waals surface area contributed by atoms with Crippen LogP contribution in [0.25, 0.3) is 0 Å². The number of hydrogen-bond acceptors (Lipinski definition) is 5. The molecule has 2 aromatic rings. The lowest BCUT2D eigenvalue weighted by atomic mass is 10.0. The van der Waals surface area contributed by atoms with E-state index >= 15 is 0 Å². The van der Waals surface area contributed by atoms with Gasteiger partial charge < -0.3 is 10.5 Å². The molecule has 5 heteroatoms. The highest BCUT2D eigenvalue weighted by atomic mass is 16.5. The van der Waals surface area contributed by atoms with E-state index in [-0.39, 0.29) is 23.8 Å². The molecule has 2 rings (SSSR count). The standard InChI is InChI=1S/C14H15N3O2/c1-19-14-13(16-6-7-17-14)12(18)8-10-4-2-3-5-11(10)9-15/h2-7H,8-9,15H2,1H3. The molecule has 0 saturated heterocycles. The minimum Gasteiger partial charge on any atom is -0.479 e. The van der Waals surface area contributed by atoms with E-state index in [0.717, 1.165) is 11.1 Å². The zero-order valence-electron chi connectivity index (χ0n) is 10.7. The Labute approximate surface area is 111 Å². The lowest BCUT2D eigenvalue weighted by Crippen LogP contribution is -2.11. The zero-order valence-corrected chi connectivity index (χ0v) is 10.7. The summed E-state index contributed by atoms with van der Waals surface area (Å²) < 4.78 is 5.04. The third-order valence-electron chi connectivity index (χ3n) is 2.81. The van der Waals surface area contributed by atoms with Crippen LogP contribution in [-0.2, 0) is 13.0 Å². The Bertz CT molecular complexity index is 584. The van der Waals surface area contributed by atoms with Gasteiger partial charge in [-0.15, -0.1) is 0 Å². The smallest absolute Gasteiger partial charge is 0.243 e. The fraction of sp³-hybridized carbons (Fsp3) is 0.214. The number of rotatable bonds is 5. The number of ketones is 1. The predicted octanol–water partition coefficient (Wildman–Crippen LogP) is 1.37. The summed E-state index contributed by atoms with van der Waals surface area (Å²) >= 11 is 0. The summed E-state index contributed by atoms with van der Waals surface area (Å²) in [4.78, 5) is 20.2. The highest BCUT2D eigenvalue weighted by molar-refractivity contribution is 5.97. The Morgan fingerprint density at radius 3 is 2.58 bits per heavy atom. The van der Waals surface area contributed by atoms with Crippen LogP contribution >= 0.6 is 0 Å². The highest BCUT2D eigenvalue weighted by Crippen LogP contribution is 2.16. The van der Waals surface area contributed by atoms with E-state index in [1.165, 1.54) is 19.5 Å². The Morgan fingerprint density at radius 1 is 1.21 bits per heavy atom. The Morgan fingerprint density at radius 2 is 1.89 bits per heavy atom. The number of aromatic nitrogens is 2. The number of carbonyl (C=O) groups excluding carboxylic acids is 1. The molecule has 0 fully saturated rings. The Kier molecular flexibility index (Phi) is 4.20. The fourth-order valence-corrected chi connectivity index (χ4v) is 1.85. The first kappa shape index (κ1) is 13.2. The molecule has 5 nitrogen and oxygen atoms in total. The number of methoxy groups -OCH3 is 1. The second-order valence-corrected chi connectivity index (χ2v) is 3.99. The lowest BCUT2D eigenvalue weighted by molar-refractivity contribution is 0.0984. The topological polar surface area (TPSA) is 78.1 Å². The molecule has 19 heavy (non-hydrogen) atoms. The molecular formula is C14H15N3O2. The van der Waals surface area contributed by atoms with Gasteiger partial charge in [0.05, 0.1) is 7.11 Å². The summed E-state index contributed by atoms with van der Waals surface area (Å²) in [5.74, 6) is 0.114. The van der Waals surface area contributed by atoms with Gasteiger partial charge in [0.25, 0.3) is 0 Å². The molecule has 98 valence electrons. The monoisotopic (exact) mass is 257 g/mol. The Balaban J connectivity index is 2.26. The van der Waals surface area contributed by atoms with Gasteiger partial charge >= 0.3 is 0 Å². The summed E-state index contributed by atoms with van der Waals surface area (Å²) in [5, 5.41) is 0. The van der Waals surface area contributed by atoms with Crippen molar-refractivity contribution in [1.82, 2.24) is 9.97 Å². The van der Waals surface area contributed by atoms with Gasteiger partial charge in [-0.3, -0.25) is 4.79 Å². The van der Waals surface area contributed by atoms with Gasteiger partial charge in [-0.05, 0) is 11.1 Å². The van der Waals surface area contributed by atoms with Crippen LogP contribution in [-0.4, -0.2) is 22.9 Å². The second-order valence-electron chi connectivity index (χ2n) is 3.99. The van der Waals surface area contributed by atoms with Crippen LogP contribution in [0.4, 0.5) is 0 Å². The van der Waals surface area contributed by atoms with E-state index in [2.05, 4.69) is 9.97 Å². The number of ether oxygens (including phenoxy) is 1. The van der Waals surface area contributed by atoms with Gasteiger partial charge in [0, 0.05) is 25.4 Å². The maximum absolute atomic E-state index is 12.2. The number of Topliss-reactive ketones (excluding diaryl/α,β-unsaturated/α-hetero) is 1. The van der Waals surface area contributed by atoms with Crippen molar-refractivity contribution >= 4 is 5.78 Å². The van der Waals surface area contributed by atoms with Crippen LogP contribution in [0.3, 0.4) is 0 Å². The maximum atomic E-state index is 12.2. The fourth-order valence-electron chi connectivity index (χ4n) is 1.85. The van der Waals surface area contributed by atoms with Crippen molar-refractivity contribution in [2.45, 2.75) is 13.0 Å². The van der Waals surface area contributed by atoms with E-state index in [4.69, 9.17) is 10.5 Å². The molecule has 1 aromatic heterocycles. The predicted molar refractivity (Wildman–Crippen MR) is 71.0 cm³/mol. The van der Waals surface area contributed by atoms with E-state index < -0.39 is 0 Å². The first-order chi connectivity index (χ1) is 9.26. The van der Waals surface area contributed by atoms with Crippen molar-refractivity contribution in [1.29, 1.82) is 0 Å². The summed E-state index contributed by atoms with van der Waals surface area (Å²) in [6, 6.07) is 7.59. The van der Waals surface area contributed by atoms with Crippen molar-refractivity contribution in [2.75, 3.05) is 7.11 Å². The van der Waals surface area contributed by atoms with E-state index in [1.807, 2.05) is 24.3 Å². The lowest BCUT2D eigenvalue weighted by Gasteiger charge is -2.08. The van der Waals surface area contributed by atoms with Crippen LogP contribution in [0.15, 0.2) is 36.7 Å². The minimum atomic E-state index is -0.133. The third kappa shape index (κ3) is 2.95. The molecule has 0 amide bonds. The molecule has 0 atom stereocenters. The van der Waals surface area contributed by atoms with Crippen molar-refractivity contribution in [2.24, 2.45) is 5.73 Å². The van der Waals surface area contributed by atoms with Crippen LogP contribution in [0.1, 0.15) is 21.6 Å². The van der Waals surface area contributed by atoms with Gasteiger partial charge in [0.1, 0.15) is 0 Å². The average Bonchev–Trinajstić information content (AvgIpc) is 2.47. The first-order valence-corrected chi connectivity index (χ1v) is 5.91. The third-order valence-corrected chi connectivity index (χ3v) is 2.81. The van der Waals surface area contributed by atoms with Gasteiger partial charge in [-0.1, -0.05) is 24.3 Å². The number of nitrogens with zero attached hydrogens (tertiary/aromatic N) is 2. The molecule has 0 spiro atoms. The van der Waals surface area contributed by atoms with Crippen molar-refractivity contribution in [3.8, 4) is 5.88 Å². The molecule has 0 bridgehead atoms. The molecule has 1 aromatic carbocycles. The number of nitrogens with two attached hydrogens (primary N) is 1. The van der Waals surface area contributed by atoms with Crippen LogP contribution in [0, 0.1) is 0 Å². The molecule has 2 N–H and O–H groups in total. The average molecular weight is 257 g/mol. The van der Waals surface area contributed by atoms with Crippen molar-refractivity contribution in [3.05, 3.63) is 53.5 Å². The minimum absolute atomic E-state index is 0.133. The number of carbonyl (C=O) groups is 1. The Hall–Kier alpha value is -2.27. The summed E-state index contributed by atoms with van der Waals surface area (Å²) in [6.07, 6.45) is 3.20. The zero-order chi connectivity index (χ0) is 13.7. The van der Waals surface area contributed by atoms with E-state index in [9.17, 15) is 4.79 Å². The van der Waals surface area contributed by atoms with Crippen LogP contribution < -0.4 is 10.5 Å². The quantitative estimate of drug-likeness (QED) is 0.818. The molecule has 0 radical (unpaired) electrons. The summed E-state index contributed by atoms with van der Waals surface area (Å²) in [7, 11) is 1.47. The summed E-state index contributed by atoms with van der Waals surface area (Å²) in [6.45, 7) is 0.404. The molecule has 0 aliphatic heterocycles. The maximum Gasteiger partial charge on any atom is 0.243 e.